The molecule has 226 valence electrons. The van der Waals surface area contributed by atoms with Crippen LogP contribution in [0.1, 0.15) is 52.6 Å². The molecule has 0 bridgehead atoms. The van der Waals surface area contributed by atoms with E-state index in [0.29, 0.717) is 50.6 Å². The van der Waals surface area contributed by atoms with E-state index in [0.717, 1.165) is 0 Å². The number of anilines is 1. The lowest BCUT2D eigenvalue weighted by molar-refractivity contribution is -0.114. The highest BCUT2D eigenvalue weighted by Gasteiger charge is 2.17. The minimum Gasteiger partial charge on any atom is -0.465 e. The van der Waals surface area contributed by atoms with Crippen LogP contribution in [0.3, 0.4) is 0 Å². The second kappa shape index (κ2) is 18.9. The summed E-state index contributed by atoms with van der Waals surface area (Å²) in [7, 11) is 2.85. The van der Waals surface area contributed by atoms with Crippen molar-refractivity contribution in [3.05, 3.63) is 58.7 Å². The van der Waals surface area contributed by atoms with E-state index in [1.807, 2.05) is 13.8 Å². The maximum absolute atomic E-state index is 12.8. The lowest BCUT2D eigenvalue weighted by Gasteiger charge is -2.13. The number of ether oxygens (including phenoxy) is 5. The first-order valence-electron chi connectivity index (χ1n) is 13.5. The van der Waals surface area contributed by atoms with Gasteiger partial charge in [-0.15, -0.1) is 5.11 Å². The van der Waals surface area contributed by atoms with Crippen molar-refractivity contribution >= 4 is 29.2 Å². The van der Waals surface area contributed by atoms with E-state index in [9.17, 15) is 14.4 Å². The molecule has 0 aliphatic rings. The second-order valence-corrected chi connectivity index (χ2v) is 8.57. The molecule has 0 radical (unpaired) electrons. The van der Waals surface area contributed by atoms with Gasteiger partial charge >= 0.3 is 11.9 Å². The summed E-state index contributed by atoms with van der Waals surface area (Å²) in [6, 6.07) is 9.71. The first-order valence-corrected chi connectivity index (χ1v) is 13.5. The number of carbonyl (C=O) groups excluding carboxylic acids is 3. The van der Waals surface area contributed by atoms with Crippen molar-refractivity contribution in [2.75, 3.05) is 72.3 Å². The lowest BCUT2D eigenvalue weighted by Crippen LogP contribution is -2.15. The SMILES string of the molecule is CCN(CC)N=Nc1cc(C#Cc2ccccc2C(=O)OCCOCCOCCOC)c(NC(C)=O)cc1C(=O)OC. The average molecular weight is 583 g/mol. The van der Waals surface area contributed by atoms with Crippen LogP contribution in [0.2, 0.25) is 0 Å². The molecular formula is C30H38N4O8. The number of nitrogens with one attached hydrogen (secondary N) is 1. The van der Waals surface area contributed by atoms with Gasteiger partial charge in [0.25, 0.3) is 0 Å². The Hall–Kier alpha value is -4.31. The van der Waals surface area contributed by atoms with Crippen LogP contribution in [-0.2, 0) is 28.5 Å². The quantitative estimate of drug-likeness (QED) is 0.102. The van der Waals surface area contributed by atoms with E-state index in [4.69, 9.17) is 23.7 Å². The van der Waals surface area contributed by atoms with Gasteiger partial charge in [-0.1, -0.05) is 29.2 Å². The molecule has 42 heavy (non-hydrogen) atoms. The van der Waals surface area contributed by atoms with Crippen molar-refractivity contribution in [2.24, 2.45) is 10.3 Å². The van der Waals surface area contributed by atoms with Crippen LogP contribution in [-0.4, -0.2) is 89.8 Å². The van der Waals surface area contributed by atoms with Gasteiger partial charge in [0.2, 0.25) is 5.91 Å². The van der Waals surface area contributed by atoms with Gasteiger partial charge in [-0.05, 0) is 38.1 Å². The molecule has 2 aromatic rings. The van der Waals surface area contributed by atoms with E-state index in [1.165, 1.54) is 26.2 Å². The van der Waals surface area contributed by atoms with Gasteiger partial charge in [-0.25, -0.2) is 9.59 Å². The molecule has 0 aliphatic carbocycles. The zero-order chi connectivity index (χ0) is 30.7. The third-order valence-electron chi connectivity index (χ3n) is 5.60. The van der Waals surface area contributed by atoms with Crippen LogP contribution in [0.15, 0.2) is 46.7 Å². The molecule has 12 nitrogen and oxygen atoms in total. The standard InChI is InChI=1S/C30H38N4O8/c1-6-34(7-2)33-32-28-20-24(27(31-22(3)35)21-26(28)29(36)39-5)13-12-23-10-8-9-11-25(23)30(37)42-19-18-41-17-16-40-15-14-38-4/h8-11,20-21H,6-7,14-19H2,1-5H3,(H,31,35). The minimum absolute atomic E-state index is 0.0568. The van der Waals surface area contributed by atoms with E-state index >= 15 is 0 Å². The molecule has 1 N–H and O–H groups in total. The third-order valence-corrected chi connectivity index (χ3v) is 5.60. The molecule has 2 rings (SSSR count). The number of hydrogen-bond acceptors (Lipinski definition) is 10. The monoisotopic (exact) mass is 582 g/mol. The highest BCUT2D eigenvalue weighted by atomic mass is 16.6. The van der Waals surface area contributed by atoms with Gasteiger partial charge in [0.1, 0.15) is 12.3 Å². The van der Waals surface area contributed by atoms with Gasteiger partial charge < -0.3 is 29.0 Å². The minimum atomic E-state index is -0.648. The van der Waals surface area contributed by atoms with Crippen molar-refractivity contribution in [2.45, 2.75) is 20.8 Å². The van der Waals surface area contributed by atoms with E-state index < -0.39 is 11.9 Å². The Kier molecular flexibility index (Phi) is 15.3. The van der Waals surface area contributed by atoms with E-state index in [2.05, 4.69) is 27.5 Å². The molecule has 2 aromatic carbocycles. The van der Waals surface area contributed by atoms with Gasteiger partial charge in [0.15, 0.2) is 0 Å². The number of esters is 2. The Bertz CT molecular complexity index is 1280. The summed E-state index contributed by atoms with van der Waals surface area (Å²) in [6.07, 6.45) is 0. The largest absolute Gasteiger partial charge is 0.465 e. The van der Waals surface area contributed by atoms with E-state index in [1.54, 1.807) is 36.4 Å². The summed E-state index contributed by atoms with van der Waals surface area (Å²) >= 11 is 0. The fraction of sp³-hybridized carbons (Fsp3) is 0.433. The number of hydrogen-bond donors (Lipinski definition) is 1. The third kappa shape index (κ3) is 11.3. The van der Waals surface area contributed by atoms with Crippen molar-refractivity contribution in [3.8, 4) is 11.8 Å². The first kappa shape index (κ1) is 33.9. The Morgan fingerprint density at radius 3 is 2.12 bits per heavy atom. The van der Waals surface area contributed by atoms with Gasteiger partial charge in [-0.2, -0.15) is 0 Å². The summed E-state index contributed by atoms with van der Waals surface area (Å²) in [4.78, 5) is 37.2. The Morgan fingerprint density at radius 1 is 0.833 bits per heavy atom. The molecule has 0 saturated carbocycles. The zero-order valence-electron chi connectivity index (χ0n) is 24.7. The van der Waals surface area contributed by atoms with Gasteiger partial charge in [0, 0.05) is 32.7 Å². The van der Waals surface area contributed by atoms with Crippen LogP contribution in [0, 0.1) is 11.8 Å². The average Bonchev–Trinajstić information content (AvgIpc) is 2.99. The molecule has 0 saturated heterocycles. The van der Waals surface area contributed by atoms with Crippen LogP contribution in [0.25, 0.3) is 0 Å². The molecule has 0 heterocycles. The maximum Gasteiger partial charge on any atom is 0.340 e. The number of benzene rings is 2. The van der Waals surface area contributed by atoms with Crippen molar-refractivity contribution in [1.82, 2.24) is 5.01 Å². The predicted molar refractivity (Wildman–Crippen MR) is 156 cm³/mol. The lowest BCUT2D eigenvalue weighted by atomic mass is 10.0. The Balaban J connectivity index is 2.29. The predicted octanol–water partition coefficient (Wildman–Crippen LogP) is 4.01. The summed E-state index contributed by atoms with van der Waals surface area (Å²) in [6.45, 7) is 8.47. The smallest absolute Gasteiger partial charge is 0.340 e. The fourth-order valence-electron chi connectivity index (χ4n) is 3.44. The van der Waals surface area contributed by atoms with Crippen LogP contribution in [0.4, 0.5) is 11.4 Å². The van der Waals surface area contributed by atoms with Crippen molar-refractivity contribution in [1.29, 1.82) is 0 Å². The van der Waals surface area contributed by atoms with Crippen LogP contribution < -0.4 is 5.32 Å². The maximum atomic E-state index is 12.8. The van der Waals surface area contributed by atoms with Crippen LogP contribution >= 0.6 is 0 Å². The van der Waals surface area contributed by atoms with Gasteiger partial charge in [-0.3, -0.25) is 9.80 Å². The molecular weight excluding hydrogens is 544 g/mol. The summed E-state index contributed by atoms with van der Waals surface area (Å²) < 4.78 is 25.9. The molecule has 1 amide bonds. The molecule has 0 aliphatic heterocycles. The molecule has 12 heteroatoms. The van der Waals surface area contributed by atoms with Gasteiger partial charge in [0.05, 0.1) is 62.5 Å². The normalized spacial score (nSPS) is 10.6. The highest BCUT2D eigenvalue weighted by molar-refractivity contribution is 5.99. The van der Waals surface area contributed by atoms with Crippen LogP contribution in [0.5, 0.6) is 0 Å². The van der Waals surface area contributed by atoms with Crippen molar-refractivity contribution < 1.29 is 38.1 Å². The number of methoxy groups -OCH3 is 2. The highest BCUT2D eigenvalue weighted by Crippen LogP contribution is 2.29. The number of carbonyl (C=O) groups is 3. The Labute approximate surface area is 246 Å². The van der Waals surface area contributed by atoms with E-state index in [-0.39, 0.29) is 41.6 Å². The molecule has 0 fully saturated rings. The zero-order valence-corrected chi connectivity index (χ0v) is 24.7. The summed E-state index contributed by atoms with van der Waals surface area (Å²) in [5.41, 5.74) is 1.63. The number of rotatable bonds is 16. The summed E-state index contributed by atoms with van der Waals surface area (Å²) in [5.74, 6) is 4.40. The second-order valence-electron chi connectivity index (χ2n) is 8.57. The van der Waals surface area contributed by atoms with Crippen molar-refractivity contribution in [3.63, 3.8) is 0 Å². The topological polar surface area (TPSA) is 137 Å². The fourth-order valence-corrected chi connectivity index (χ4v) is 3.44. The molecule has 0 unspecified atom stereocenters. The molecule has 0 atom stereocenters. The number of amides is 1. The summed E-state index contributed by atoms with van der Waals surface area (Å²) in [5, 5.41) is 12.8. The Morgan fingerprint density at radius 2 is 1.48 bits per heavy atom. The molecule has 0 aromatic heterocycles. The number of nitrogens with zero attached hydrogens (tertiary/aromatic N) is 3. The first-order chi connectivity index (χ1) is 20.3. The molecule has 0 spiro atoms.